The molecule has 2 aliphatic rings. The van der Waals surface area contributed by atoms with Crippen LogP contribution in [0.25, 0.3) is 0 Å². The Morgan fingerprint density at radius 1 is 1.33 bits per heavy atom. The average molecular weight is 326 g/mol. The molecule has 1 atom stereocenters. The molecule has 0 N–H and O–H groups in total. The van der Waals surface area contributed by atoms with E-state index in [2.05, 4.69) is 25.1 Å². The zero-order chi connectivity index (χ0) is 17.1. The van der Waals surface area contributed by atoms with E-state index in [1.807, 2.05) is 11.0 Å². The van der Waals surface area contributed by atoms with E-state index in [1.165, 1.54) is 18.4 Å². The summed E-state index contributed by atoms with van der Waals surface area (Å²) in [5.74, 6) is 2.22. The number of methoxy groups -OCH3 is 1. The Bertz CT molecular complexity index is 638. The topological polar surface area (TPSA) is 53.3 Å². The summed E-state index contributed by atoms with van der Waals surface area (Å²) < 4.78 is 5.35. The zero-order valence-electron chi connectivity index (χ0n) is 14.6. The van der Waals surface area contributed by atoms with E-state index in [-0.39, 0.29) is 11.8 Å². The summed E-state index contributed by atoms with van der Waals surface area (Å²) in [7, 11) is 1.69. The summed E-state index contributed by atoms with van der Waals surface area (Å²) in [5.41, 5.74) is 2.39. The molecule has 0 spiro atoms. The molecule has 1 aromatic carbocycles. The van der Waals surface area contributed by atoms with Crippen molar-refractivity contribution in [3.05, 3.63) is 29.3 Å². The third kappa shape index (κ3) is 3.72. The highest BCUT2D eigenvalue weighted by atomic mass is 16.5. The van der Waals surface area contributed by atoms with E-state index >= 15 is 0 Å². The van der Waals surface area contributed by atoms with Crippen LogP contribution >= 0.6 is 0 Å². The molecule has 4 heteroatoms. The van der Waals surface area contributed by atoms with Gasteiger partial charge in [0.2, 0.25) is 5.91 Å². The highest BCUT2D eigenvalue weighted by molar-refractivity contribution is 5.77. The maximum absolute atomic E-state index is 12.7. The van der Waals surface area contributed by atoms with Crippen molar-refractivity contribution < 1.29 is 9.53 Å². The van der Waals surface area contributed by atoms with Crippen LogP contribution in [0.4, 0.5) is 0 Å². The van der Waals surface area contributed by atoms with Gasteiger partial charge in [-0.25, -0.2) is 0 Å². The van der Waals surface area contributed by atoms with Crippen LogP contribution in [-0.4, -0.2) is 31.0 Å². The van der Waals surface area contributed by atoms with Crippen LogP contribution < -0.4 is 4.74 Å². The lowest BCUT2D eigenvalue weighted by atomic mass is 9.89. The molecule has 0 bridgehead atoms. The maximum atomic E-state index is 12.7. The first kappa shape index (κ1) is 16.8. The van der Waals surface area contributed by atoms with Gasteiger partial charge in [-0.3, -0.25) is 4.79 Å². The Kier molecular flexibility index (Phi) is 5.08. The van der Waals surface area contributed by atoms with E-state index in [4.69, 9.17) is 10.00 Å². The van der Waals surface area contributed by atoms with E-state index in [0.717, 1.165) is 37.2 Å². The second-order valence-corrected chi connectivity index (χ2v) is 7.16. The summed E-state index contributed by atoms with van der Waals surface area (Å²) in [6.07, 6.45) is 4.67. The van der Waals surface area contributed by atoms with Gasteiger partial charge in [0, 0.05) is 25.4 Å². The minimum Gasteiger partial charge on any atom is -0.496 e. The van der Waals surface area contributed by atoms with Crippen LogP contribution in [0.3, 0.4) is 0 Å². The van der Waals surface area contributed by atoms with Gasteiger partial charge in [-0.15, -0.1) is 0 Å². The fraction of sp³-hybridized carbons (Fsp3) is 0.600. The average Bonchev–Trinajstić information content (AvgIpc) is 3.44. The largest absolute Gasteiger partial charge is 0.496 e. The minimum atomic E-state index is 0.123. The predicted octanol–water partition coefficient (Wildman–Crippen LogP) is 3.65. The molecule has 24 heavy (non-hydrogen) atoms. The maximum Gasteiger partial charge on any atom is 0.223 e. The van der Waals surface area contributed by atoms with E-state index in [1.54, 1.807) is 7.11 Å². The van der Waals surface area contributed by atoms with Gasteiger partial charge in [0.1, 0.15) is 5.75 Å². The summed E-state index contributed by atoms with van der Waals surface area (Å²) >= 11 is 0. The third-order valence-corrected chi connectivity index (χ3v) is 5.46. The molecule has 1 amide bonds. The molecule has 128 valence electrons. The number of amides is 1. The lowest BCUT2D eigenvalue weighted by Crippen LogP contribution is -2.38. The molecular formula is C20H26N2O2. The van der Waals surface area contributed by atoms with Gasteiger partial charge in [0.05, 0.1) is 13.2 Å². The monoisotopic (exact) mass is 326 g/mol. The first-order valence-corrected chi connectivity index (χ1v) is 8.94. The summed E-state index contributed by atoms with van der Waals surface area (Å²) in [6.45, 7) is 3.52. The molecule has 1 aliphatic heterocycles. The van der Waals surface area contributed by atoms with Crippen molar-refractivity contribution in [3.8, 4) is 11.8 Å². The minimum absolute atomic E-state index is 0.123. The number of likely N-dealkylation sites (tertiary alicyclic amines) is 1. The molecule has 1 aromatic rings. The number of benzene rings is 1. The number of carbonyl (C=O) groups is 1. The van der Waals surface area contributed by atoms with Gasteiger partial charge in [0.25, 0.3) is 0 Å². The molecule has 1 heterocycles. The van der Waals surface area contributed by atoms with Crippen molar-refractivity contribution in [2.75, 3.05) is 20.2 Å². The molecule has 0 radical (unpaired) electrons. The van der Waals surface area contributed by atoms with Crippen molar-refractivity contribution in [1.29, 1.82) is 5.26 Å². The number of rotatable bonds is 5. The highest BCUT2D eigenvalue weighted by Gasteiger charge is 2.35. The number of hydrogen-bond acceptors (Lipinski definition) is 3. The Morgan fingerprint density at radius 3 is 2.58 bits per heavy atom. The van der Waals surface area contributed by atoms with Gasteiger partial charge < -0.3 is 9.64 Å². The number of aryl methyl sites for hydroxylation is 1. The molecule has 1 aliphatic carbocycles. The normalized spacial score (nSPS) is 19.6. The smallest absolute Gasteiger partial charge is 0.223 e. The molecule has 0 aromatic heterocycles. The standard InChI is InChI=1S/C20H26N2O2/c1-14-11-17(5-6-19(14)24-2)18(16-3-4-16)12-20(23)22-9-7-15(13-21)8-10-22/h5-6,11,15-16,18H,3-4,7-10,12H2,1-2H3. The molecule has 3 rings (SSSR count). The third-order valence-electron chi connectivity index (χ3n) is 5.46. The van der Waals surface area contributed by atoms with Crippen molar-refractivity contribution in [3.63, 3.8) is 0 Å². The number of nitriles is 1. The Labute approximate surface area is 144 Å². The van der Waals surface area contributed by atoms with Gasteiger partial charge in [-0.2, -0.15) is 5.26 Å². The zero-order valence-corrected chi connectivity index (χ0v) is 14.6. The van der Waals surface area contributed by atoms with Crippen molar-refractivity contribution in [2.24, 2.45) is 11.8 Å². The van der Waals surface area contributed by atoms with Gasteiger partial charge in [-0.05, 0) is 61.6 Å². The Hall–Kier alpha value is -2.02. The Morgan fingerprint density at radius 2 is 2.04 bits per heavy atom. The van der Waals surface area contributed by atoms with Gasteiger partial charge in [-0.1, -0.05) is 12.1 Å². The molecule has 4 nitrogen and oxygen atoms in total. The first-order chi connectivity index (χ1) is 11.6. The molecule has 2 fully saturated rings. The first-order valence-electron chi connectivity index (χ1n) is 8.94. The number of nitrogens with zero attached hydrogens (tertiary/aromatic N) is 2. The van der Waals surface area contributed by atoms with E-state index in [0.29, 0.717) is 18.3 Å². The van der Waals surface area contributed by atoms with Crippen LogP contribution in [-0.2, 0) is 4.79 Å². The SMILES string of the molecule is COc1ccc(C(CC(=O)N2CCC(C#N)CC2)C2CC2)cc1C. The molecule has 1 saturated heterocycles. The van der Waals surface area contributed by atoms with Crippen molar-refractivity contribution in [2.45, 2.75) is 44.9 Å². The molecule has 1 unspecified atom stereocenters. The van der Waals surface area contributed by atoms with Crippen LogP contribution in [0.5, 0.6) is 5.75 Å². The van der Waals surface area contributed by atoms with Crippen LogP contribution in [0, 0.1) is 30.1 Å². The van der Waals surface area contributed by atoms with Crippen LogP contribution in [0.15, 0.2) is 18.2 Å². The fourth-order valence-corrected chi connectivity index (χ4v) is 3.76. The highest BCUT2D eigenvalue weighted by Crippen LogP contribution is 2.45. The van der Waals surface area contributed by atoms with E-state index in [9.17, 15) is 4.79 Å². The fourth-order valence-electron chi connectivity index (χ4n) is 3.76. The predicted molar refractivity (Wildman–Crippen MR) is 92.7 cm³/mol. The number of piperidine rings is 1. The van der Waals surface area contributed by atoms with Crippen LogP contribution in [0.1, 0.15) is 49.1 Å². The van der Waals surface area contributed by atoms with Gasteiger partial charge >= 0.3 is 0 Å². The van der Waals surface area contributed by atoms with Crippen molar-refractivity contribution >= 4 is 5.91 Å². The second kappa shape index (κ2) is 7.25. The lowest BCUT2D eigenvalue weighted by molar-refractivity contribution is -0.132. The number of ether oxygens (including phenoxy) is 1. The summed E-state index contributed by atoms with van der Waals surface area (Å²) in [5, 5.41) is 9.00. The Balaban J connectivity index is 1.67. The lowest BCUT2D eigenvalue weighted by Gasteiger charge is -2.30. The summed E-state index contributed by atoms with van der Waals surface area (Å²) in [4.78, 5) is 14.7. The van der Waals surface area contributed by atoms with Crippen LogP contribution in [0.2, 0.25) is 0 Å². The van der Waals surface area contributed by atoms with E-state index < -0.39 is 0 Å². The second-order valence-electron chi connectivity index (χ2n) is 7.16. The summed E-state index contributed by atoms with van der Waals surface area (Å²) in [6, 6.07) is 8.63. The quantitative estimate of drug-likeness (QED) is 0.830. The molecular weight excluding hydrogens is 300 g/mol. The number of carbonyl (C=O) groups excluding carboxylic acids is 1. The van der Waals surface area contributed by atoms with Gasteiger partial charge in [0.15, 0.2) is 0 Å². The van der Waals surface area contributed by atoms with Crippen molar-refractivity contribution in [1.82, 2.24) is 4.90 Å². The molecule has 1 saturated carbocycles. The number of hydrogen-bond donors (Lipinski definition) is 0.